The van der Waals surface area contributed by atoms with Crippen LogP contribution in [0, 0.1) is 25.2 Å². The van der Waals surface area contributed by atoms with Crippen LogP contribution in [0.4, 0.5) is 5.69 Å². The number of benzene rings is 1. The van der Waals surface area contributed by atoms with Crippen LogP contribution in [0.15, 0.2) is 29.6 Å². The number of hydrogen-bond donors (Lipinski definition) is 1. The lowest BCUT2D eigenvalue weighted by atomic mass is 10.1. The van der Waals surface area contributed by atoms with Crippen molar-refractivity contribution in [2.24, 2.45) is 0 Å². The maximum absolute atomic E-state index is 8.75. The Hall–Kier alpha value is -1.79. The Morgan fingerprint density at radius 1 is 1.35 bits per heavy atom. The van der Waals surface area contributed by atoms with Crippen molar-refractivity contribution in [3.63, 3.8) is 0 Å². The standard InChI is InChI=1S/C14H14N2S/c1-10-4-3-5-14(11(10)2)16-8-13-6-12(7-15)9-17-13/h3-6,9,16H,8H2,1-2H3. The molecule has 17 heavy (non-hydrogen) atoms. The predicted octanol–water partition coefficient (Wildman–Crippen LogP) is 3.85. The molecule has 0 spiro atoms. The summed E-state index contributed by atoms with van der Waals surface area (Å²) in [5.74, 6) is 0. The molecule has 0 radical (unpaired) electrons. The van der Waals surface area contributed by atoms with E-state index in [0.717, 1.165) is 17.8 Å². The van der Waals surface area contributed by atoms with E-state index in [-0.39, 0.29) is 0 Å². The molecule has 1 aromatic heterocycles. The van der Waals surface area contributed by atoms with E-state index in [0.29, 0.717) is 0 Å². The van der Waals surface area contributed by atoms with Gasteiger partial charge in [-0.2, -0.15) is 5.26 Å². The van der Waals surface area contributed by atoms with Gasteiger partial charge in [-0.1, -0.05) is 12.1 Å². The number of rotatable bonds is 3. The highest BCUT2D eigenvalue weighted by molar-refractivity contribution is 7.10. The lowest BCUT2D eigenvalue weighted by molar-refractivity contribution is 1.17. The number of aryl methyl sites for hydroxylation is 1. The minimum atomic E-state index is 0.743. The van der Waals surface area contributed by atoms with Crippen molar-refractivity contribution in [1.29, 1.82) is 5.26 Å². The van der Waals surface area contributed by atoms with Crippen molar-refractivity contribution in [1.82, 2.24) is 0 Å². The molecule has 0 unspecified atom stereocenters. The molecule has 0 amide bonds. The van der Waals surface area contributed by atoms with Crippen molar-refractivity contribution in [2.45, 2.75) is 20.4 Å². The van der Waals surface area contributed by atoms with E-state index in [1.165, 1.54) is 16.0 Å². The molecule has 86 valence electrons. The zero-order valence-electron chi connectivity index (χ0n) is 9.95. The summed E-state index contributed by atoms with van der Waals surface area (Å²) in [4.78, 5) is 1.18. The number of nitrogens with one attached hydrogen (secondary N) is 1. The van der Waals surface area contributed by atoms with Gasteiger partial charge in [-0.15, -0.1) is 11.3 Å². The van der Waals surface area contributed by atoms with Crippen LogP contribution in [0.1, 0.15) is 21.6 Å². The number of anilines is 1. The second-order valence-corrected chi connectivity index (χ2v) is 5.01. The van der Waals surface area contributed by atoms with Crippen LogP contribution in [-0.2, 0) is 6.54 Å². The Bertz CT molecular complexity index is 564. The first-order chi connectivity index (χ1) is 8.20. The number of hydrogen-bond acceptors (Lipinski definition) is 3. The summed E-state index contributed by atoms with van der Waals surface area (Å²) < 4.78 is 0. The van der Waals surface area contributed by atoms with Gasteiger partial charge >= 0.3 is 0 Å². The first-order valence-electron chi connectivity index (χ1n) is 5.48. The van der Waals surface area contributed by atoms with E-state index in [4.69, 9.17) is 5.26 Å². The van der Waals surface area contributed by atoms with Crippen LogP contribution in [0.5, 0.6) is 0 Å². The van der Waals surface area contributed by atoms with Crippen LogP contribution >= 0.6 is 11.3 Å². The van der Waals surface area contributed by atoms with Crippen LogP contribution < -0.4 is 5.32 Å². The van der Waals surface area contributed by atoms with Crippen molar-refractivity contribution >= 4 is 17.0 Å². The molecule has 1 aromatic carbocycles. The molecule has 0 aliphatic rings. The van der Waals surface area contributed by atoms with E-state index < -0.39 is 0 Å². The summed E-state index contributed by atoms with van der Waals surface area (Å²) in [7, 11) is 0. The summed E-state index contributed by atoms with van der Waals surface area (Å²) in [6.45, 7) is 5.00. The predicted molar refractivity (Wildman–Crippen MR) is 72.3 cm³/mol. The van der Waals surface area contributed by atoms with Gasteiger partial charge in [0, 0.05) is 22.5 Å². The van der Waals surface area contributed by atoms with Crippen molar-refractivity contribution in [3.8, 4) is 6.07 Å². The third-order valence-electron chi connectivity index (χ3n) is 2.84. The fraction of sp³-hybridized carbons (Fsp3) is 0.214. The average Bonchev–Trinajstić information content (AvgIpc) is 2.79. The maximum atomic E-state index is 8.75. The number of nitriles is 1. The van der Waals surface area contributed by atoms with Gasteiger partial charge < -0.3 is 5.32 Å². The topological polar surface area (TPSA) is 35.8 Å². The van der Waals surface area contributed by atoms with Gasteiger partial charge in [0.05, 0.1) is 5.56 Å². The quantitative estimate of drug-likeness (QED) is 0.887. The second-order valence-electron chi connectivity index (χ2n) is 4.01. The molecule has 0 fully saturated rings. The van der Waals surface area contributed by atoms with E-state index in [2.05, 4.69) is 43.4 Å². The molecule has 1 heterocycles. The maximum Gasteiger partial charge on any atom is 0.100 e. The zero-order valence-corrected chi connectivity index (χ0v) is 10.8. The second kappa shape index (κ2) is 5.03. The smallest absolute Gasteiger partial charge is 0.100 e. The Kier molecular flexibility index (Phi) is 3.46. The normalized spacial score (nSPS) is 9.94. The Labute approximate surface area is 106 Å². The third-order valence-corrected chi connectivity index (χ3v) is 3.78. The molecule has 0 atom stereocenters. The number of thiophene rings is 1. The molecule has 0 aliphatic carbocycles. The van der Waals surface area contributed by atoms with Crippen molar-refractivity contribution in [2.75, 3.05) is 5.32 Å². The van der Waals surface area contributed by atoms with E-state index in [1.807, 2.05) is 11.4 Å². The van der Waals surface area contributed by atoms with E-state index in [1.54, 1.807) is 11.3 Å². The first-order valence-corrected chi connectivity index (χ1v) is 6.36. The third kappa shape index (κ3) is 2.66. The number of nitrogens with zero attached hydrogens (tertiary/aromatic N) is 1. The van der Waals surface area contributed by atoms with Gasteiger partial charge in [-0.25, -0.2) is 0 Å². The Balaban J connectivity index is 2.07. The molecule has 0 bridgehead atoms. The Morgan fingerprint density at radius 2 is 2.18 bits per heavy atom. The fourth-order valence-corrected chi connectivity index (χ4v) is 2.41. The van der Waals surface area contributed by atoms with Crippen LogP contribution in [0.3, 0.4) is 0 Å². The van der Waals surface area contributed by atoms with Gasteiger partial charge in [0.15, 0.2) is 0 Å². The summed E-state index contributed by atoms with van der Waals surface area (Å²) in [5, 5.41) is 14.1. The van der Waals surface area contributed by atoms with Crippen molar-refractivity contribution in [3.05, 3.63) is 51.2 Å². The lowest BCUT2D eigenvalue weighted by Gasteiger charge is -2.10. The minimum absolute atomic E-state index is 0.743. The minimum Gasteiger partial charge on any atom is -0.380 e. The molecule has 0 saturated carbocycles. The van der Waals surface area contributed by atoms with Gasteiger partial charge in [0.25, 0.3) is 0 Å². The molecule has 0 saturated heterocycles. The highest BCUT2D eigenvalue weighted by Gasteiger charge is 2.02. The molecule has 3 heteroatoms. The SMILES string of the molecule is Cc1cccc(NCc2cc(C#N)cs2)c1C. The summed E-state index contributed by atoms with van der Waals surface area (Å²) in [6, 6.07) is 10.3. The largest absolute Gasteiger partial charge is 0.380 e. The lowest BCUT2D eigenvalue weighted by Crippen LogP contribution is -2.00. The van der Waals surface area contributed by atoms with Crippen LogP contribution in [-0.4, -0.2) is 0 Å². The fourth-order valence-electron chi connectivity index (χ4n) is 1.66. The van der Waals surface area contributed by atoms with Gasteiger partial charge in [-0.3, -0.25) is 0 Å². The summed E-state index contributed by atoms with van der Waals surface area (Å²) in [5.41, 5.74) is 4.48. The molecule has 0 aliphatic heterocycles. The molecule has 2 rings (SSSR count). The monoisotopic (exact) mass is 242 g/mol. The molecule has 2 nitrogen and oxygen atoms in total. The Morgan fingerprint density at radius 3 is 2.88 bits per heavy atom. The van der Waals surface area contributed by atoms with Gasteiger partial charge in [-0.05, 0) is 37.1 Å². The van der Waals surface area contributed by atoms with E-state index in [9.17, 15) is 0 Å². The molecule has 2 aromatic rings. The zero-order chi connectivity index (χ0) is 12.3. The highest BCUT2D eigenvalue weighted by atomic mass is 32.1. The first kappa shape index (κ1) is 11.7. The van der Waals surface area contributed by atoms with Crippen molar-refractivity contribution < 1.29 is 0 Å². The van der Waals surface area contributed by atoms with Gasteiger partial charge in [0.2, 0.25) is 0 Å². The molecular formula is C14H14N2S. The van der Waals surface area contributed by atoms with Gasteiger partial charge in [0.1, 0.15) is 6.07 Å². The highest BCUT2D eigenvalue weighted by Crippen LogP contribution is 2.20. The van der Waals surface area contributed by atoms with Crippen LogP contribution in [0.25, 0.3) is 0 Å². The average molecular weight is 242 g/mol. The molecule has 1 N–H and O–H groups in total. The summed E-state index contributed by atoms with van der Waals surface area (Å²) >= 11 is 1.62. The summed E-state index contributed by atoms with van der Waals surface area (Å²) in [6.07, 6.45) is 0. The molecular weight excluding hydrogens is 228 g/mol. The van der Waals surface area contributed by atoms with Crippen LogP contribution in [0.2, 0.25) is 0 Å². The van der Waals surface area contributed by atoms with E-state index >= 15 is 0 Å².